The second-order valence-electron chi connectivity index (χ2n) is 6.33. The minimum atomic E-state index is -3.94. The van der Waals surface area contributed by atoms with Gasteiger partial charge in [-0.25, -0.2) is 8.42 Å². The number of carbonyl (C=O) groups excluding carboxylic acids is 1. The molecule has 6 heteroatoms. The fraction of sp³-hybridized carbons (Fsp3) is 0.938. The first kappa shape index (κ1) is 21.9. The number of Topliss-reactive ketones (excluding diaryl/α,β-unsaturated/α-hetero) is 1. The Morgan fingerprint density at radius 2 is 1.77 bits per heavy atom. The van der Waals surface area contributed by atoms with E-state index in [0.29, 0.717) is 23.1 Å². The van der Waals surface area contributed by atoms with E-state index in [1.807, 2.05) is 20.8 Å². The van der Waals surface area contributed by atoms with E-state index < -0.39 is 10.1 Å². The van der Waals surface area contributed by atoms with Gasteiger partial charge in [0.2, 0.25) is 0 Å². The van der Waals surface area contributed by atoms with Crippen LogP contribution in [0.1, 0.15) is 65.7 Å². The molecule has 1 rings (SSSR count). The topological polar surface area (TPSA) is 74.3 Å². The number of ketones is 1. The van der Waals surface area contributed by atoms with Crippen molar-refractivity contribution in [2.75, 3.05) is 17.8 Å². The van der Waals surface area contributed by atoms with E-state index in [4.69, 9.17) is 0 Å². The van der Waals surface area contributed by atoms with Crippen LogP contribution in [0, 0.1) is 5.92 Å². The maximum atomic E-state index is 11.6. The van der Waals surface area contributed by atoms with Crippen LogP contribution >= 0.6 is 0 Å². The van der Waals surface area contributed by atoms with Crippen LogP contribution < -0.4 is 0 Å². The van der Waals surface area contributed by atoms with E-state index in [2.05, 4.69) is 6.26 Å². The molecule has 1 aliphatic rings. The Hall–Kier alpha value is -0.0700. The molecular formula is C16H32O4S2. The van der Waals surface area contributed by atoms with Crippen molar-refractivity contribution in [2.24, 2.45) is 5.92 Å². The average Bonchev–Trinajstić information content (AvgIpc) is 2.45. The SMILES string of the molecule is CC(C)C(=O)C[S+](C)C1CCCCC1.CCCCS(=O)(=O)[O-]. The lowest BCUT2D eigenvalue weighted by Crippen LogP contribution is -2.30. The van der Waals surface area contributed by atoms with E-state index >= 15 is 0 Å². The monoisotopic (exact) mass is 352 g/mol. The minimum Gasteiger partial charge on any atom is -0.748 e. The summed E-state index contributed by atoms with van der Waals surface area (Å²) < 4.78 is 29.5. The minimum absolute atomic E-state index is 0.219. The highest BCUT2D eigenvalue weighted by atomic mass is 32.2. The quantitative estimate of drug-likeness (QED) is 0.521. The van der Waals surface area contributed by atoms with Crippen LogP contribution in [0.15, 0.2) is 0 Å². The lowest BCUT2D eigenvalue weighted by Gasteiger charge is -2.20. The Morgan fingerprint density at radius 3 is 2.14 bits per heavy atom. The van der Waals surface area contributed by atoms with E-state index in [1.54, 1.807) is 0 Å². The van der Waals surface area contributed by atoms with E-state index in [9.17, 15) is 17.8 Å². The summed E-state index contributed by atoms with van der Waals surface area (Å²) in [4.78, 5) is 11.6. The zero-order chi connectivity index (χ0) is 17.2. The van der Waals surface area contributed by atoms with Crippen LogP contribution in [-0.4, -0.2) is 41.8 Å². The Bertz CT molecular complexity index is 398. The van der Waals surface area contributed by atoms with E-state index in [0.717, 1.165) is 17.4 Å². The highest BCUT2D eigenvalue weighted by molar-refractivity contribution is 7.97. The highest BCUT2D eigenvalue weighted by Crippen LogP contribution is 2.24. The molecule has 0 aromatic heterocycles. The second-order valence-corrected chi connectivity index (χ2v) is 10.2. The normalized spacial score (nSPS) is 17.7. The van der Waals surface area contributed by atoms with Crippen LogP contribution in [0.4, 0.5) is 0 Å². The molecule has 22 heavy (non-hydrogen) atoms. The second kappa shape index (κ2) is 11.5. The van der Waals surface area contributed by atoms with Gasteiger partial charge in [0.1, 0.15) is 5.25 Å². The van der Waals surface area contributed by atoms with E-state index in [-0.39, 0.29) is 11.7 Å². The van der Waals surface area contributed by atoms with Crippen molar-refractivity contribution < 1.29 is 17.8 Å². The molecule has 1 saturated carbocycles. The van der Waals surface area contributed by atoms with Gasteiger partial charge in [-0.1, -0.05) is 33.6 Å². The predicted octanol–water partition coefficient (Wildman–Crippen LogP) is 3.12. The molecule has 0 aliphatic heterocycles. The third-order valence-electron chi connectivity index (χ3n) is 3.88. The van der Waals surface area contributed by atoms with Crippen molar-refractivity contribution in [3.63, 3.8) is 0 Å². The largest absolute Gasteiger partial charge is 0.748 e. The maximum absolute atomic E-state index is 11.6. The van der Waals surface area contributed by atoms with Crippen LogP contribution in [0.2, 0.25) is 0 Å². The molecule has 0 radical (unpaired) electrons. The predicted molar refractivity (Wildman–Crippen MR) is 94.3 cm³/mol. The van der Waals surface area contributed by atoms with Gasteiger partial charge in [-0.2, -0.15) is 0 Å². The molecule has 0 aromatic rings. The molecule has 0 bridgehead atoms. The molecule has 0 saturated heterocycles. The van der Waals surface area contributed by atoms with Crippen molar-refractivity contribution in [1.29, 1.82) is 0 Å². The number of hydrogen-bond donors (Lipinski definition) is 0. The molecule has 1 aliphatic carbocycles. The van der Waals surface area contributed by atoms with Crippen LogP contribution in [0.25, 0.3) is 0 Å². The molecule has 0 amide bonds. The van der Waals surface area contributed by atoms with Gasteiger partial charge in [-0.3, -0.25) is 4.79 Å². The van der Waals surface area contributed by atoms with Gasteiger partial charge in [0.15, 0.2) is 11.5 Å². The molecule has 0 heterocycles. The highest BCUT2D eigenvalue weighted by Gasteiger charge is 2.30. The first-order valence-corrected chi connectivity index (χ1v) is 11.7. The summed E-state index contributed by atoms with van der Waals surface area (Å²) in [5.41, 5.74) is 0. The summed E-state index contributed by atoms with van der Waals surface area (Å²) in [5.74, 6) is 1.31. The van der Waals surface area contributed by atoms with Crippen molar-refractivity contribution in [3.05, 3.63) is 0 Å². The van der Waals surface area contributed by atoms with Gasteiger partial charge in [-0.15, -0.1) is 0 Å². The number of carbonyl (C=O) groups is 1. The molecular weight excluding hydrogens is 320 g/mol. The lowest BCUT2D eigenvalue weighted by atomic mass is 10.0. The van der Waals surface area contributed by atoms with Crippen molar-refractivity contribution in [1.82, 2.24) is 0 Å². The summed E-state index contributed by atoms with van der Waals surface area (Å²) in [5, 5.41) is 0.853. The fourth-order valence-corrected chi connectivity index (χ4v) is 5.10. The molecule has 4 nitrogen and oxygen atoms in total. The molecule has 1 atom stereocenters. The first-order chi connectivity index (χ1) is 10.2. The fourth-order valence-electron chi connectivity index (χ4n) is 2.30. The van der Waals surface area contributed by atoms with E-state index in [1.165, 1.54) is 32.1 Å². The maximum Gasteiger partial charge on any atom is 0.184 e. The number of unbranched alkanes of at least 4 members (excludes halogenated alkanes) is 1. The van der Waals surface area contributed by atoms with Crippen LogP contribution in [0.5, 0.6) is 0 Å². The summed E-state index contributed by atoms with van der Waals surface area (Å²) in [6, 6.07) is 0. The third-order valence-corrected chi connectivity index (χ3v) is 7.02. The zero-order valence-corrected chi connectivity index (χ0v) is 16.1. The first-order valence-electron chi connectivity index (χ1n) is 8.25. The van der Waals surface area contributed by atoms with Crippen molar-refractivity contribution in [3.8, 4) is 0 Å². The Morgan fingerprint density at radius 1 is 1.23 bits per heavy atom. The lowest BCUT2D eigenvalue weighted by molar-refractivity contribution is -0.119. The van der Waals surface area contributed by atoms with Crippen molar-refractivity contribution >= 4 is 26.8 Å². The van der Waals surface area contributed by atoms with Gasteiger partial charge in [0.05, 0.1) is 16.4 Å². The molecule has 1 fully saturated rings. The van der Waals surface area contributed by atoms with Crippen LogP contribution in [-0.2, 0) is 25.8 Å². The van der Waals surface area contributed by atoms with Gasteiger partial charge < -0.3 is 4.55 Å². The smallest absolute Gasteiger partial charge is 0.184 e. The standard InChI is InChI=1S/C12H23OS.C4H10O3S/c1-10(2)12(13)9-14(3)11-7-5-4-6-8-11;1-2-3-4-8(5,6)7/h10-11H,4-9H2,1-3H3;2-4H2,1H3,(H,5,6,7)/q+1;/p-1. The zero-order valence-electron chi connectivity index (χ0n) is 14.5. The summed E-state index contributed by atoms with van der Waals surface area (Å²) >= 11 is 0. The summed E-state index contributed by atoms with van der Waals surface area (Å²) in [6.45, 7) is 5.87. The van der Waals surface area contributed by atoms with Gasteiger partial charge in [-0.05, 0) is 43.0 Å². The summed E-state index contributed by atoms with van der Waals surface area (Å²) in [6.07, 6.45) is 10.4. The molecule has 132 valence electrons. The Labute approximate surface area is 139 Å². The average molecular weight is 353 g/mol. The molecule has 1 unspecified atom stereocenters. The van der Waals surface area contributed by atoms with Crippen LogP contribution in [0.3, 0.4) is 0 Å². The van der Waals surface area contributed by atoms with Gasteiger partial charge >= 0.3 is 0 Å². The molecule has 0 N–H and O–H groups in total. The van der Waals surface area contributed by atoms with Gasteiger partial charge in [0.25, 0.3) is 0 Å². The summed E-state index contributed by atoms with van der Waals surface area (Å²) in [7, 11) is -3.59. The van der Waals surface area contributed by atoms with Crippen molar-refractivity contribution in [2.45, 2.75) is 71.0 Å². The number of hydrogen-bond acceptors (Lipinski definition) is 4. The Kier molecular flexibility index (Phi) is 11.4. The number of rotatable bonds is 7. The molecule has 0 spiro atoms. The van der Waals surface area contributed by atoms with Gasteiger partial charge in [0, 0.05) is 11.7 Å². The molecule has 0 aromatic carbocycles. The Balaban J connectivity index is 0.000000472. The third kappa shape index (κ3) is 11.5.